The molecule has 196 valence electrons. The summed E-state index contributed by atoms with van der Waals surface area (Å²) in [5, 5.41) is 12.9. The molecule has 1 fully saturated rings. The molecule has 0 saturated carbocycles. The number of rotatable bonds is 6. The first kappa shape index (κ1) is 26.8. The largest absolute Gasteiger partial charge is 0.505 e. The van der Waals surface area contributed by atoms with Gasteiger partial charge in [-0.3, -0.25) is 9.59 Å². The number of carbonyl (C=O) groups is 3. The molecule has 0 bridgehead atoms. The lowest BCUT2D eigenvalue weighted by Crippen LogP contribution is -2.66. The molecule has 13 nitrogen and oxygen atoms in total. The van der Waals surface area contributed by atoms with Crippen LogP contribution in [0.15, 0.2) is 21.3 Å². The Kier molecular flexibility index (Phi) is 7.46. The molecule has 0 aliphatic carbocycles. The molecule has 13 heteroatoms. The third kappa shape index (κ3) is 5.21. The van der Waals surface area contributed by atoms with Gasteiger partial charge >= 0.3 is 17.7 Å². The fourth-order valence-corrected chi connectivity index (χ4v) is 4.15. The van der Waals surface area contributed by atoms with E-state index in [0.29, 0.717) is 5.56 Å². The molecule has 4 atom stereocenters. The second-order valence-corrected chi connectivity index (χ2v) is 8.70. The predicted octanol–water partition coefficient (Wildman–Crippen LogP) is 1.69. The Morgan fingerprint density at radius 2 is 1.81 bits per heavy atom. The number of primary amides is 1. The zero-order valence-electron chi connectivity index (χ0n) is 20.6. The summed E-state index contributed by atoms with van der Waals surface area (Å²) >= 11 is 0. The average molecular weight is 508 g/mol. The van der Waals surface area contributed by atoms with E-state index < -0.39 is 65.2 Å². The number of hydrogen-bond donors (Lipinski definition) is 3. The molecular formula is C23H28N2O11. The zero-order valence-corrected chi connectivity index (χ0v) is 20.6. The van der Waals surface area contributed by atoms with Crippen LogP contribution >= 0.6 is 0 Å². The molecule has 0 spiro atoms. The first-order valence-corrected chi connectivity index (χ1v) is 10.8. The van der Waals surface area contributed by atoms with E-state index in [4.69, 9.17) is 33.8 Å². The van der Waals surface area contributed by atoms with E-state index in [-0.39, 0.29) is 16.7 Å². The topological polar surface area (TPSA) is 186 Å². The summed E-state index contributed by atoms with van der Waals surface area (Å²) in [5.74, 6) is -1.61. The maximum atomic E-state index is 12.4. The number of anilines is 1. The summed E-state index contributed by atoms with van der Waals surface area (Å²) in [6.45, 7) is 7.22. The maximum absolute atomic E-state index is 12.4. The summed E-state index contributed by atoms with van der Waals surface area (Å²) < 4.78 is 33.5. The highest BCUT2D eigenvalue weighted by Crippen LogP contribution is 2.39. The van der Waals surface area contributed by atoms with Gasteiger partial charge in [0.25, 0.3) is 0 Å². The molecule has 36 heavy (non-hydrogen) atoms. The number of aryl methyl sites for hydroxylation is 1. The predicted molar refractivity (Wildman–Crippen MR) is 124 cm³/mol. The number of hydrogen-bond acceptors (Lipinski definition) is 11. The van der Waals surface area contributed by atoms with Crippen molar-refractivity contribution in [2.75, 3.05) is 12.4 Å². The zero-order chi connectivity index (χ0) is 26.9. The number of amides is 2. The number of carbonyl (C=O) groups excluding carboxylic acids is 3. The Hall–Kier alpha value is -3.84. The van der Waals surface area contributed by atoms with E-state index in [9.17, 15) is 24.3 Å². The number of ether oxygens (including phenoxy) is 5. The summed E-state index contributed by atoms with van der Waals surface area (Å²) in [6.07, 6.45) is -5.78. The highest BCUT2D eigenvalue weighted by Gasteiger charge is 2.55. The van der Waals surface area contributed by atoms with Crippen molar-refractivity contribution in [3.63, 3.8) is 0 Å². The van der Waals surface area contributed by atoms with Gasteiger partial charge in [0, 0.05) is 26.5 Å². The van der Waals surface area contributed by atoms with Crippen molar-refractivity contribution in [2.45, 2.75) is 64.8 Å². The quantitative estimate of drug-likeness (QED) is 0.381. The van der Waals surface area contributed by atoms with E-state index in [1.165, 1.54) is 26.2 Å². The van der Waals surface area contributed by atoms with E-state index in [0.717, 1.165) is 6.92 Å². The smallest absolute Gasteiger partial charge is 0.405 e. The van der Waals surface area contributed by atoms with Crippen LogP contribution in [0, 0.1) is 6.92 Å². The fraction of sp³-hybridized carbons (Fsp3) is 0.478. The Morgan fingerprint density at radius 3 is 2.36 bits per heavy atom. The first-order valence-electron chi connectivity index (χ1n) is 10.8. The monoisotopic (exact) mass is 508 g/mol. The van der Waals surface area contributed by atoms with E-state index >= 15 is 0 Å². The molecule has 3 rings (SSSR count). The Balaban J connectivity index is 2.07. The van der Waals surface area contributed by atoms with Crippen LogP contribution in [0.1, 0.15) is 33.3 Å². The molecule has 1 aliphatic heterocycles. The SMILES string of the molecule is CO[C@H]1[C@@H](OC(N)=O)[C@@H](OC(C)=O)[C@H](Oc2ccc3c(O)c(NC(C)=O)c(=O)oc3c2C)OC1(C)C. The Labute approximate surface area is 205 Å². The minimum atomic E-state index is -1.31. The summed E-state index contributed by atoms with van der Waals surface area (Å²) in [7, 11) is 1.37. The number of nitrogens with one attached hydrogen (secondary N) is 1. The van der Waals surface area contributed by atoms with Gasteiger partial charge in [0.1, 0.15) is 17.4 Å². The minimum absolute atomic E-state index is 0.0112. The van der Waals surface area contributed by atoms with Crippen molar-refractivity contribution >= 4 is 34.6 Å². The lowest BCUT2D eigenvalue weighted by Gasteiger charge is -2.48. The summed E-state index contributed by atoms with van der Waals surface area (Å²) in [6, 6.07) is 2.87. The molecule has 1 aliphatic rings. The lowest BCUT2D eigenvalue weighted by atomic mass is 9.89. The fourth-order valence-electron chi connectivity index (χ4n) is 4.15. The molecular weight excluding hydrogens is 480 g/mol. The van der Waals surface area contributed by atoms with Crippen LogP contribution in [0.2, 0.25) is 0 Å². The maximum Gasteiger partial charge on any atom is 0.405 e. The minimum Gasteiger partial charge on any atom is -0.505 e. The second-order valence-electron chi connectivity index (χ2n) is 8.70. The molecule has 1 saturated heterocycles. The number of fused-ring (bicyclic) bond motifs is 1. The van der Waals surface area contributed by atoms with Crippen LogP contribution in [0.5, 0.6) is 11.5 Å². The van der Waals surface area contributed by atoms with Gasteiger partial charge in [-0.15, -0.1) is 0 Å². The molecule has 2 amide bonds. The van der Waals surface area contributed by atoms with Crippen molar-refractivity contribution in [1.82, 2.24) is 0 Å². The molecule has 0 radical (unpaired) electrons. The van der Waals surface area contributed by atoms with Gasteiger partial charge in [-0.25, -0.2) is 9.59 Å². The molecule has 1 aromatic heterocycles. The van der Waals surface area contributed by atoms with E-state index in [1.54, 1.807) is 20.8 Å². The van der Waals surface area contributed by atoms with Gasteiger partial charge in [-0.1, -0.05) is 0 Å². The van der Waals surface area contributed by atoms with E-state index in [2.05, 4.69) is 5.32 Å². The van der Waals surface area contributed by atoms with Gasteiger partial charge < -0.3 is 44.3 Å². The van der Waals surface area contributed by atoms with Crippen molar-refractivity contribution in [3.8, 4) is 11.5 Å². The van der Waals surface area contributed by atoms with Gasteiger partial charge in [0.2, 0.25) is 18.3 Å². The molecule has 0 unspecified atom stereocenters. The van der Waals surface area contributed by atoms with Crippen molar-refractivity contribution in [3.05, 3.63) is 28.1 Å². The highest BCUT2D eigenvalue weighted by atomic mass is 16.7. The van der Waals surface area contributed by atoms with Crippen LogP contribution in [0.25, 0.3) is 11.0 Å². The Bertz CT molecular complexity index is 1250. The standard InChI is InChI=1S/C23H28N2O11/c1-9-13(8-7-12-15(28)14(25-10(2)26)20(29)34-16(9)12)33-21-18(32-11(3)27)17(35-22(24)30)19(31-6)23(4,5)36-21/h7-8,17-19,21,28H,1-6H3,(H2,24,30)(H,25,26)/t17-,18+,19-,21+/m0/s1. The van der Waals surface area contributed by atoms with Crippen LogP contribution in [-0.2, 0) is 28.5 Å². The third-order valence-electron chi connectivity index (χ3n) is 5.59. The number of benzene rings is 1. The van der Waals surface area contributed by atoms with Gasteiger partial charge in [-0.2, -0.15) is 0 Å². The van der Waals surface area contributed by atoms with Gasteiger partial charge in [-0.05, 0) is 32.9 Å². The molecule has 4 N–H and O–H groups in total. The number of nitrogens with two attached hydrogens (primary N) is 1. The van der Waals surface area contributed by atoms with Gasteiger partial charge in [0.05, 0.1) is 11.0 Å². The first-order chi connectivity index (χ1) is 16.8. The second kappa shape index (κ2) is 10.0. The number of esters is 1. The third-order valence-corrected chi connectivity index (χ3v) is 5.59. The van der Waals surface area contributed by atoms with Crippen LogP contribution in [0.4, 0.5) is 10.5 Å². The number of methoxy groups -OCH3 is 1. The van der Waals surface area contributed by atoms with E-state index in [1.807, 2.05) is 0 Å². The molecule has 2 aromatic rings. The highest BCUT2D eigenvalue weighted by molar-refractivity contribution is 5.97. The van der Waals surface area contributed by atoms with Crippen molar-refractivity contribution in [1.29, 1.82) is 0 Å². The van der Waals surface area contributed by atoms with Crippen molar-refractivity contribution in [2.24, 2.45) is 5.73 Å². The summed E-state index contributed by atoms with van der Waals surface area (Å²) in [4.78, 5) is 47.2. The van der Waals surface area contributed by atoms with Crippen LogP contribution < -0.4 is 21.4 Å². The van der Waals surface area contributed by atoms with Crippen molar-refractivity contribution < 1.29 is 47.6 Å². The van der Waals surface area contributed by atoms with Crippen LogP contribution in [-0.4, -0.2) is 60.4 Å². The Morgan fingerprint density at radius 1 is 1.14 bits per heavy atom. The average Bonchev–Trinajstić information content (AvgIpc) is 2.75. The normalized spacial score (nSPS) is 23.1. The van der Waals surface area contributed by atoms with Gasteiger partial charge in [0.15, 0.2) is 17.5 Å². The molecule has 1 aromatic carbocycles. The van der Waals surface area contributed by atoms with Crippen LogP contribution in [0.3, 0.4) is 0 Å². The lowest BCUT2D eigenvalue weighted by molar-refractivity contribution is -0.307. The summed E-state index contributed by atoms with van der Waals surface area (Å²) in [5.41, 5.74) is 3.06. The number of aromatic hydroxyl groups is 1. The molecule has 2 heterocycles.